The Morgan fingerprint density at radius 2 is 1.67 bits per heavy atom. The van der Waals surface area contributed by atoms with Crippen molar-refractivity contribution in [1.82, 2.24) is 25.1 Å². The molecule has 0 spiro atoms. The van der Waals surface area contributed by atoms with Crippen LogP contribution >= 0.6 is 0 Å². The number of carbonyl (C=O) groups excluding carboxylic acids is 4. The number of nitrogens with one attached hydrogen (secondary N) is 3. The monoisotopic (exact) mass is 668 g/mol. The molecule has 2 aromatic carbocycles. The fourth-order valence-corrected chi connectivity index (χ4v) is 5.02. The number of amides is 4. The highest BCUT2D eigenvalue weighted by atomic mass is 19.1. The maximum absolute atomic E-state index is 15.0. The molecule has 1 aromatic heterocycles. The van der Waals surface area contributed by atoms with Crippen LogP contribution in [0.4, 0.5) is 19.4 Å². The predicted molar refractivity (Wildman–Crippen MR) is 173 cm³/mol. The molecule has 4 amide bonds. The minimum atomic E-state index is -1.48. The second-order valence-corrected chi connectivity index (χ2v) is 13.1. The van der Waals surface area contributed by atoms with Gasteiger partial charge >= 0.3 is 6.09 Å². The van der Waals surface area contributed by atoms with Gasteiger partial charge in [-0.05, 0) is 59.1 Å². The molecule has 12 nitrogen and oxygen atoms in total. The number of hydrogen-bond donors (Lipinski definition) is 3. The third kappa shape index (κ3) is 9.83. The number of imidazole rings is 1. The van der Waals surface area contributed by atoms with E-state index in [-0.39, 0.29) is 24.6 Å². The lowest BCUT2D eigenvalue weighted by atomic mass is 10.0. The van der Waals surface area contributed by atoms with Gasteiger partial charge < -0.3 is 34.9 Å². The molecule has 4 rings (SSSR count). The van der Waals surface area contributed by atoms with Crippen molar-refractivity contribution in [2.75, 3.05) is 25.0 Å². The minimum absolute atomic E-state index is 0.00944. The summed E-state index contributed by atoms with van der Waals surface area (Å²) in [6.07, 6.45) is 3.42. The van der Waals surface area contributed by atoms with Crippen LogP contribution < -0.4 is 16.0 Å². The molecule has 2 heterocycles. The molecule has 48 heavy (non-hydrogen) atoms. The smallest absolute Gasteiger partial charge is 0.408 e. The largest absolute Gasteiger partial charge is 0.444 e. The van der Waals surface area contributed by atoms with Crippen molar-refractivity contribution in [1.29, 1.82) is 0 Å². The number of halogens is 2. The Labute approximate surface area is 278 Å². The van der Waals surface area contributed by atoms with Gasteiger partial charge in [-0.25, -0.2) is 18.6 Å². The highest BCUT2D eigenvalue weighted by Gasteiger charge is 2.35. The van der Waals surface area contributed by atoms with Crippen LogP contribution in [0.15, 0.2) is 61.1 Å². The van der Waals surface area contributed by atoms with Gasteiger partial charge in [-0.2, -0.15) is 0 Å². The second kappa shape index (κ2) is 15.4. The maximum Gasteiger partial charge on any atom is 0.408 e. The molecule has 1 aliphatic heterocycles. The van der Waals surface area contributed by atoms with Crippen LogP contribution in [0.5, 0.6) is 0 Å². The molecular weight excluding hydrogens is 626 g/mol. The van der Waals surface area contributed by atoms with Crippen LogP contribution in [0.3, 0.4) is 0 Å². The van der Waals surface area contributed by atoms with Crippen LogP contribution in [0, 0.1) is 11.6 Å². The van der Waals surface area contributed by atoms with Crippen LogP contribution in [0.25, 0.3) is 0 Å². The predicted octanol–water partition coefficient (Wildman–Crippen LogP) is 4.32. The van der Waals surface area contributed by atoms with Gasteiger partial charge in [0.05, 0.1) is 19.5 Å². The zero-order valence-corrected chi connectivity index (χ0v) is 27.7. The summed E-state index contributed by atoms with van der Waals surface area (Å²) in [7, 11) is 0. The molecule has 0 radical (unpaired) electrons. The second-order valence-electron chi connectivity index (χ2n) is 13.1. The normalized spacial score (nSPS) is 14.6. The van der Waals surface area contributed by atoms with Gasteiger partial charge in [0.2, 0.25) is 11.8 Å². The van der Waals surface area contributed by atoms with E-state index in [0.29, 0.717) is 19.2 Å². The molecule has 2 atom stereocenters. The number of alkyl carbamates (subject to hydrolysis) is 1. The Balaban J connectivity index is 1.53. The number of rotatable bonds is 12. The number of anilines is 1. The van der Waals surface area contributed by atoms with Crippen LogP contribution in [0.2, 0.25) is 0 Å². The van der Waals surface area contributed by atoms with E-state index in [1.807, 2.05) is 30.3 Å². The van der Waals surface area contributed by atoms with Gasteiger partial charge in [-0.3, -0.25) is 14.4 Å². The fraction of sp³-hybridized carbons (Fsp3) is 0.441. The third-order valence-corrected chi connectivity index (χ3v) is 7.46. The van der Waals surface area contributed by atoms with E-state index in [2.05, 4.69) is 20.9 Å². The van der Waals surface area contributed by atoms with E-state index in [1.54, 1.807) is 25.7 Å². The topological polar surface area (TPSA) is 144 Å². The summed E-state index contributed by atoms with van der Waals surface area (Å²) in [6.45, 7) is 8.88. The summed E-state index contributed by atoms with van der Waals surface area (Å²) < 4.78 is 41.1. The van der Waals surface area contributed by atoms with Gasteiger partial charge in [0.15, 0.2) is 5.82 Å². The van der Waals surface area contributed by atoms with E-state index >= 15 is 0 Å². The van der Waals surface area contributed by atoms with E-state index in [9.17, 15) is 28.0 Å². The van der Waals surface area contributed by atoms with E-state index in [0.717, 1.165) is 24.5 Å². The molecule has 3 aromatic rings. The van der Waals surface area contributed by atoms with Gasteiger partial charge in [0.25, 0.3) is 5.91 Å². The van der Waals surface area contributed by atoms with Crippen molar-refractivity contribution in [2.24, 2.45) is 0 Å². The Hall–Kier alpha value is -4.85. The van der Waals surface area contributed by atoms with E-state index < -0.39 is 58.7 Å². The fourth-order valence-electron chi connectivity index (χ4n) is 5.02. The molecule has 2 unspecified atom stereocenters. The maximum atomic E-state index is 15.0. The number of likely N-dealkylation sites (tertiary alicyclic amines) is 1. The van der Waals surface area contributed by atoms with Gasteiger partial charge in [0.1, 0.15) is 34.9 Å². The number of ether oxygens (including phenoxy) is 2. The molecule has 0 saturated carbocycles. The van der Waals surface area contributed by atoms with Crippen molar-refractivity contribution in [2.45, 2.75) is 77.3 Å². The average Bonchev–Trinajstić information content (AvgIpc) is 3.70. The minimum Gasteiger partial charge on any atom is -0.444 e. The Kier molecular flexibility index (Phi) is 11.5. The van der Waals surface area contributed by atoms with Gasteiger partial charge in [0, 0.05) is 30.9 Å². The molecular formula is C34H42F2N6O6. The third-order valence-electron chi connectivity index (χ3n) is 7.46. The van der Waals surface area contributed by atoms with Crippen molar-refractivity contribution >= 4 is 29.6 Å². The molecule has 3 N–H and O–H groups in total. The van der Waals surface area contributed by atoms with E-state index in [1.165, 1.54) is 37.0 Å². The van der Waals surface area contributed by atoms with Crippen LogP contribution in [0.1, 0.15) is 64.6 Å². The van der Waals surface area contributed by atoms with Crippen LogP contribution in [-0.2, 0) is 30.5 Å². The molecule has 14 heteroatoms. The molecule has 1 saturated heterocycles. The number of aromatic nitrogens is 2. The molecule has 0 aliphatic carbocycles. The first-order chi connectivity index (χ1) is 22.6. The van der Waals surface area contributed by atoms with Gasteiger partial charge in [-0.1, -0.05) is 36.4 Å². The summed E-state index contributed by atoms with van der Waals surface area (Å²) in [6, 6.07) is 9.77. The summed E-state index contributed by atoms with van der Waals surface area (Å²) in [5, 5.41) is 7.76. The Morgan fingerprint density at radius 1 is 0.979 bits per heavy atom. The number of benzene rings is 2. The highest BCUT2D eigenvalue weighted by molar-refractivity contribution is 5.98. The first kappa shape index (κ1) is 36.0. The van der Waals surface area contributed by atoms with Crippen molar-refractivity contribution < 1.29 is 37.4 Å². The molecule has 1 fully saturated rings. The number of carbonyl (C=O) groups is 4. The SMILES string of the molecule is CC(C)(C)OC(=O)NC(C)(C)C(=O)NC(COCc1ccccc1)C(=O)Nc1cn(C(C(=O)N2CCCC2)c2ccc(F)cc2F)cn1. The number of nitrogens with zero attached hydrogens (tertiary/aromatic N) is 3. The first-order valence-corrected chi connectivity index (χ1v) is 15.6. The van der Waals surface area contributed by atoms with Crippen molar-refractivity contribution in [3.63, 3.8) is 0 Å². The zero-order valence-electron chi connectivity index (χ0n) is 27.7. The number of hydrogen-bond acceptors (Lipinski definition) is 7. The summed E-state index contributed by atoms with van der Waals surface area (Å²) >= 11 is 0. The lowest BCUT2D eigenvalue weighted by Crippen LogP contribution is -2.59. The highest BCUT2D eigenvalue weighted by Crippen LogP contribution is 2.27. The van der Waals surface area contributed by atoms with Crippen LogP contribution in [-0.4, -0.2) is 75.1 Å². The van der Waals surface area contributed by atoms with Gasteiger partial charge in [-0.15, -0.1) is 0 Å². The lowest BCUT2D eigenvalue weighted by molar-refractivity contribution is -0.132. The quantitative estimate of drug-likeness (QED) is 0.261. The van der Waals surface area contributed by atoms with Crippen molar-refractivity contribution in [3.8, 4) is 0 Å². The Morgan fingerprint density at radius 3 is 2.31 bits per heavy atom. The average molecular weight is 669 g/mol. The summed E-state index contributed by atoms with van der Waals surface area (Å²) in [5.41, 5.74) is -1.49. The summed E-state index contributed by atoms with van der Waals surface area (Å²) in [4.78, 5) is 58.7. The molecule has 258 valence electrons. The standard InChI is InChI=1S/C34H42F2N6O6/c1-33(2,3)48-32(46)40-34(4,5)31(45)38-26(20-47-19-22-11-7-6-8-12-22)29(43)39-27-18-42(21-37-27)28(30(44)41-15-9-10-16-41)24-14-13-23(35)17-25(24)36/h6-8,11-14,17-18,21,26,28H,9-10,15-16,19-20H2,1-5H3,(H,38,45)(H,39,43)(H,40,46). The molecule has 0 bridgehead atoms. The van der Waals surface area contributed by atoms with E-state index in [4.69, 9.17) is 9.47 Å². The zero-order chi connectivity index (χ0) is 35.1. The molecule has 1 aliphatic rings. The van der Waals surface area contributed by atoms with Crippen molar-refractivity contribution in [3.05, 3.63) is 83.8 Å². The first-order valence-electron chi connectivity index (χ1n) is 15.6. The summed E-state index contributed by atoms with van der Waals surface area (Å²) in [5.74, 6) is -3.46. The lowest BCUT2D eigenvalue weighted by Gasteiger charge is -2.29. The Bertz CT molecular complexity index is 1600.